The minimum absolute atomic E-state index is 0.0798. The maximum Gasteiger partial charge on any atom is 0.279 e. The number of nitrogen functional groups attached to an aromatic ring is 1. The number of rotatable bonds is 5. The summed E-state index contributed by atoms with van der Waals surface area (Å²) in [6.45, 7) is 1.35. The van der Waals surface area contributed by atoms with E-state index in [1.54, 1.807) is 24.3 Å². The van der Waals surface area contributed by atoms with Crippen LogP contribution in [0.3, 0.4) is 0 Å². The minimum atomic E-state index is -3.58. The van der Waals surface area contributed by atoms with Gasteiger partial charge in [-0.05, 0) is 17.7 Å². The third kappa shape index (κ3) is 3.90. The van der Waals surface area contributed by atoms with Crippen LogP contribution in [0.15, 0.2) is 24.3 Å². The molecule has 1 heterocycles. The van der Waals surface area contributed by atoms with Gasteiger partial charge in [0, 0.05) is 25.3 Å². The van der Waals surface area contributed by atoms with Crippen molar-refractivity contribution in [3.05, 3.63) is 29.8 Å². The Morgan fingerprint density at radius 3 is 2.50 bits per heavy atom. The Morgan fingerprint density at radius 2 is 1.90 bits per heavy atom. The number of benzene rings is 1. The number of aliphatic hydroxyl groups excluding tert-OH is 1. The highest BCUT2D eigenvalue weighted by Gasteiger charge is 2.24. The van der Waals surface area contributed by atoms with Crippen molar-refractivity contribution in [1.29, 1.82) is 0 Å². The Labute approximate surface area is 118 Å². The van der Waals surface area contributed by atoms with Gasteiger partial charge in [0.05, 0.1) is 19.3 Å². The standard InChI is InChI=1S/C12H19N3O4S/c13-11-3-1-10(2-4-11)12(16)9-14-20(17,18)15-5-7-19-8-6-15/h1-4,12,14,16H,5-9,13H2. The third-order valence-electron chi connectivity index (χ3n) is 3.09. The molecule has 7 nitrogen and oxygen atoms in total. The lowest BCUT2D eigenvalue weighted by atomic mass is 10.1. The molecule has 0 aromatic heterocycles. The highest BCUT2D eigenvalue weighted by atomic mass is 32.2. The molecule has 0 aliphatic carbocycles. The number of hydrogen-bond donors (Lipinski definition) is 3. The monoisotopic (exact) mass is 301 g/mol. The first kappa shape index (κ1) is 15.2. The second-order valence-corrected chi connectivity index (χ2v) is 6.30. The minimum Gasteiger partial charge on any atom is -0.399 e. The van der Waals surface area contributed by atoms with Crippen LogP contribution in [0.1, 0.15) is 11.7 Å². The lowest BCUT2D eigenvalue weighted by molar-refractivity contribution is 0.0722. The van der Waals surface area contributed by atoms with Gasteiger partial charge in [-0.25, -0.2) is 0 Å². The molecule has 1 fully saturated rings. The second kappa shape index (κ2) is 6.51. The molecular formula is C12H19N3O4S. The van der Waals surface area contributed by atoms with E-state index in [2.05, 4.69) is 4.72 Å². The van der Waals surface area contributed by atoms with E-state index in [-0.39, 0.29) is 6.54 Å². The van der Waals surface area contributed by atoms with Crippen LogP contribution < -0.4 is 10.5 Å². The largest absolute Gasteiger partial charge is 0.399 e. The predicted molar refractivity (Wildman–Crippen MR) is 75.1 cm³/mol. The number of nitrogens with zero attached hydrogens (tertiary/aromatic N) is 1. The summed E-state index contributed by atoms with van der Waals surface area (Å²) >= 11 is 0. The Kier molecular flexibility index (Phi) is 4.95. The van der Waals surface area contributed by atoms with Crippen LogP contribution in [0, 0.1) is 0 Å². The first-order chi connectivity index (χ1) is 9.49. The topological polar surface area (TPSA) is 105 Å². The lowest BCUT2D eigenvalue weighted by Gasteiger charge is -2.26. The quantitative estimate of drug-likeness (QED) is 0.634. The van der Waals surface area contributed by atoms with Gasteiger partial charge >= 0.3 is 0 Å². The van der Waals surface area contributed by atoms with Crippen LogP contribution in [0.4, 0.5) is 5.69 Å². The number of aliphatic hydroxyl groups is 1. The summed E-state index contributed by atoms with van der Waals surface area (Å²) in [6.07, 6.45) is -0.911. The second-order valence-electron chi connectivity index (χ2n) is 4.55. The van der Waals surface area contributed by atoms with Crippen molar-refractivity contribution in [2.45, 2.75) is 6.10 Å². The van der Waals surface area contributed by atoms with Crippen LogP contribution >= 0.6 is 0 Å². The molecule has 0 spiro atoms. The van der Waals surface area contributed by atoms with Gasteiger partial charge in [-0.3, -0.25) is 0 Å². The van der Waals surface area contributed by atoms with Crippen molar-refractivity contribution in [3.8, 4) is 0 Å². The van der Waals surface area contributed by atoms with Crippen LogP contribution in [0.25, 0.3) is 0 Å². The summed E-state index contributed by atoms with van der Waals surface area (Å²) < 4.78 is 32.8. The molecule has 2 rings (SSSR count). The number of ether oxygens (including phenoxy) is 1. The fourth-order valence-electron chi connectivity index (χ4n) is 1.90. The normalized spacial score (nSPS) is 18.9. The molecule has 0 amide bonds. The van der Waals surface area contributed by atoms with Gasteiger partial charge in [-0.2, -0.15) is 17.4 Å². The smallest absolute Gasteiger partial charge is 0.279 e. The maximum atomic E-state index is 12.0. The van der Waals surface area contributed by atoms with E-state index in [4.69, 9.17) is 10.5 Å². The molecule has 1 aliphatic rings. The van der Waals surface area contributed by atoms with Gasteiger partial charge in [-0.15, -0.1) is 0 Å². The van der Waals surface area contributed by atoms with E-state index in [1.807, 2.05) is 0 Å². The Morgan fingerprint density at radius 1 is 1.30 bits per heavy atom. The third-order valence-corrected chi connectivity index (χ3v) is 4.67. The van der Waals surface area contributed by atoms with E-state index < -0.39 is 16.3 Å². The molecule has 1 aromatic rings. The summed E-state index contributed by atoms with van der Waals surface area (Å²) in [4.78, 5) is 0. The average Bonchev–Trinajstić information content (AvgIpc) is 2.46. The number of morpholine rings is 1. The molecular weight excluding hydrogens is 282 g/mol. The van der Waals surface area contributed by atoms with Crippen molar-refractivity contribution < 1.29 is 18.3 Å². The number of nitrogens with one attached hydrogen (secondary N) is 1. The highest BCUT2D eigenvalue weighted by molar-refractivity contribution is 7.87. The Hall–Kier alpha value is -1.19. The molecule has 20 heavy (non-hydrogen) atoms. The van der Waals surface area contributed by atoms with Gasteiger partial charge in [0.1, 0.15) is 0 Å². The van der Waals surface area contributed by atoms with Crippen molar-refractivity contribution in [2.75, 3.05) is 38.6 Å². The SMILES string of the molecule is Nc1ccc(C(O)CNS(=O)(=O)N2CCOCC2)cc1. The number of hydrogen-bond acceptors (Lipinski definition) is 5. The summed E-state index contributed by atoms with van der Waals surface area (Å²) in [6, 6.07) is 6.66. The molecule has 1 aromatic carbocycles. The molecule has 1 saturated heterocycles. The maximum absolute atomic E-state index is 12.0. The molecule has 0 radical (unpaired) electrons. The van der Waals surface area contributed by atoms with Crippen molar-refractivity contribution in [3.63, 3.8) is 0 Å². The van der Waals surface area contributed by atoms with Gasteiger partial charge in [0.15, 0.2) is 0 Å². The molecule has 8 heteroatoms. The molecule has 4 N–H and O–H groups in total. The summed E-state index contributed by atoms with van der Waals surface area (Å²) in [5.41, 5.74) is 6.76. The van der Waals surface area contributed by atoms with Crippen molar-refractivity contribution in [2.24, 2.45) is 0 Å². The van der Waals surface area contributed by atoms with Crippen molar-refractivity contribution >= 4 is 15.9 Å². The zero-order chi connectivity index (χ0) is 14.6. The van der Waals surface area contributed by atoms with Crippen molar-refractivity contribution in [1.82, 2.24) is 9.03 Å². The number of anilines is 1. The molecule has 112 valence electrons. The van der Waals surface area contributed by atoms with Crippen LogP contribution in [-0.2, 0) is 14.9 Å². The fourth-order valence-corrected chi connectivity index (χ4v) is 3.08. The Bertz CT molecular complexity index is 526. The molecule has 1 aliphatic heterocycles. The van der Waals surface area contributed by atoms with Crippen LogP contribution in [-0.4, -0.2) is 50.7 Å². The molecule has 1 atom stereocenters. The predicted octanol–water partition coefficient (Wildman–Crippen LogP) is -0.531. The average molecular weight is 301 g/mol. The lowest BCUT2D eigenvalue weighted by Crippen LogP contribution is -2.47. The van der Waals surface area contributed by atoms with Gasteiger partial charge in [-0.1, -0.05) is 12.1 Å². The zero-order valence-electron chi connectivity index (χ0n) is 11.0. The summed E-state index contributed by atoms with van der Waals surface area (Å²) in [5, 5.41) is 9.96. The van der Waals surface area contributed by atoms with E-state index in [1.165, 1.54) is 4.31 Å². The van der Waals surface area contributed by atoms with Gasteiger partial charge in [0.2, 0.25) is 0 Å². The zero-order valence-corrected chi connectivity index (χ0v) is 11.8. The summed E-state index contributed by atoms with van der Waals surface area (Å²) in [7, 11) is -3.58. The van der Waals surface area contributed by atoms with Crippen LogP contribution in [0.5, 0.6) is 0 Å². The van der Waals surface area contributed by atoms with Gasteiger partial charge in [0.25, 0.3) is 10.2 Å². The van der Waals surface area contributed by atoms with Crippen LogP contribution in [0.2, 0.25) is 0 Å². The van der Waals surface area contributed by atoms with E-state index in [9.17, 15) is 13.5 Å². The molecule has 0 bridgehead atoms. The van der Waals surface area contributed by atoms with E-state index in [0.29, 0.717) is 37.6 Å². The fraction of sp³-hybridized carbons (Fsp3) is 0.500. The number of nitrogens with two attached hydrogens (primary N) is 1. The van der Waals surface area contributed by atoms with E-state index in [0.717, 1.165) is 0 Å². The Balaban J connectivity index is 1.91. The van der Waals surface area contributed by atoms with Gasteiger partial charge < -0.3 is 15.6 Å². The first-order valence-corrected chi connectivity index (χ1v) is 7.79. The molecule has 1 unspecified atom stereocenters. The first-order valence-electron chi connectivity index (χ1n) is 6.35. The highest BCUT2D eigenvalue weighted by Crippen LogP contribution is 2.14. The summed E-state index contributed by atoms with van der Waals surface area (Å²) in [5.74, 6) is 0. The molecule has 0 saturated carbocycles. The van der Waals surface area contributed by atoms with E-state index >= 15 is 0 Å².